The van der Waals surface area contributed by atoms with Gasteiger partial charge in [-0.1, -0.05) is 12.1 Å². The van der Waals surface area contributed by atoms with Gasteiger partial charge in [-0.15, -0.1) is 0 Å². The number of rotatable bonds is 4. The van der Waals surface area contributed by atoms with Gasteiger partial charge in [0.15, 0.2) is 11.6 Å². The summed E-state index contributed by atoms with van der Waals surface area (Å²) in [6.07, 6.45) is 3.47. The van der Waals surface area contributed by atoms with Crippen molar-refractivity contribution in [2.75, 3.05) is 13.7 Å². The van der Waals surface area contributed by atoms with Gasteiger partial charge in [0.05, 0.1) is 19.6 Å². The molecule has 6 nitrogen and oxygen atoms in total. The van der Waals surface area contributed by atoms with E-state index in [0.717, 1.165) is 17.0 Å². The summed E-state index contributed by atoms with van der Waals surface area (Å²) >= 11 is 0. The Morgan fingerprint density at radius 3 is 2.00 bits per heavy atom. The lowest BCUT2D eigenvalue weighted by atomic mass is 9.71. The second-order valence-electron chi connectivity index (χ2n) is 7.44. The van der Waals surface area contributed by atoms with E-state index in [2.05, 4.69) is 0 Å². The standard InChI is InChI=1S/C22H23NO5/c1-28-14-10-8-13(9-11-14)20-21-15(4-2-6-17(21)24)23(12-19(26)27)16-5-3-7-18(25)22(16)20/h8-11,20H,2-7,12H2,1H3,(H,26,27)/p-1. The minimum Gasteiger partial charge on any atom is -0.548 e. The summed E-state index contributed by atoms with van der Waals surface area (Å²) in [7, 11) is 1.59. The van der Waals surface area contributed by atoms with E-state index in [9.17, 15) is 19.5 Å². The molecule has 1 aromatic carbocycles. The van der Waals surface area contributed by atoms with Crippen molar-refractivity contribution >= 4 is 17.5 Å². The van der Waals surface area contributed by atoms with Crippen LogP contribution >= 0.6 is 0 Å². The Morgan fingerprint density at radius 2 is 1.54 bits per heavy atom. The molecule has 0 unspecified atom stereocenters. The molecule has 0 saturated heterocycles. The zero-order valence-electron chi connectivity index (χ0n) is 15.8. The maximum Gasteiger partial charge on any atom is 0.161 e. The number of nitrogens with zero attached hydrogens (tertiary/aromatic N) is 1. The lowest BCUT2D eigenvalue weighted by Crippen LogP contribution is -2.44. The van der Waals surface area contributed by atoms with Gasteiger partial charge < -0.3 is 19.5 Å². The molecule has 0 radical (unpaired) electrons. The molecule has 0 bridgehead atoms. The van der Waals surface area contributed by atoms with Gasteiger partial charge in [0.25, 0.3) is 0 Å². The van der Waals surface area contributed by atoms with Gasteiger partial charge in [-0.25, -0.2) is 0 Å². The highest BCUT2D eigenvalue weighted by Crippen LogP contribution is 2.49. The molecule has 0 N–H and O–H groups in total. The summed E-state index contributed by atoms with van der Waals surface area (Å²) in [5.41, 5.74) is 3.50. The molecule has 4 rings (SSSR count). The third kappa shape index (κ3) is 3.03. The average molecular weight is 380 g/mol. The number of ketones is 2. The van der Waals surface area contributed by atoms with Crippen molar-refractivity contribution in [3.05, 3.63) is 52.4 Å². The molecular weight excluding hydrogens is 358 g/mol. The lowest BCUT2D eigenvalue weighted by Gasteiger charge is -2.44. The second kappa shape index (κ2) is 7.26. The predicted octanol–water partition coefficient (Wildman–Crippen LogP) is 1.86. The quantitative estimate of drug-likeness (QED) is 0.792. The Bertz CT molecular complexity index is 865. The Hall–Kier alpha value is -2.89. The Balaban J connectivity index is 1.92. The van der Waals surface area contributed by atoms with E-state index in [0.29, 0.717) is 55.4 Å². The summed E-state index contributed by atoms with van der Waals surface area (Å²) in [6.45, 7) is -0.326. The maximum atomic E-state index is 12.9. The van der Waals surface area contributed by atoms with Crippen LogP contribution in [0.4, 0.5) is 0 Å². The zero-order valence-corrected chi connectivity index (χ0v) is 15.8. The molecule has 6 heteroatoms. The summed E-state index contributed by atoms with van der Waals surface area (Å²) in [5, 5.41) is 11.4. The van der Waals surface area contributed by atoms with Gasteiger partial charge in [-0.2, -0.15) is 0 Å². The van der Waals surface area contributed by atoms with Crippen molar-refractivity contribution in [3.63, 3.8) is 0 Å². The Morgan fingerprint density at radius 1 is 1.00 bits per heavy atom. The number of methoxy groups -OCH3 is 1. The molecule has 0 fully saturated rings. The molecule has 2 aliphatic carbocycles. The number of carbonyl (C=O) groups is 3. The zero-order chi connectivity index (χ0) is 19.8. The molecule has 0 spiro atoms. The highest BCUT2D eigenvalue weighted by Gasteiger charge is 2.43. The van der Waals surface area contributed by atoms with Crippen LogP contribution in [0.25, 0.3) is 0 Å². The summed E-state index contributed by atoms with van der Waals surface area (Å²) in [6, 6.07) is 7.42. The van der Waals surface area contributed by atoms with Gasteiger partial charge >= 0.3 is 0 Å². The predicted molar refractivity (Wildman–Crippen MR) is 99.2 cm³/mol. The normalized spacial score (nSPS) is 20.2. The first-order valence-corrected chi connectivity index (χ1v) is 9.65. The topological polar surface area (TPSA) is 86.7 Å². The first-order chi connectivity index (χ1) is 13.5. The lowest BCUT2D eigenvalue weighted by molar-refractivity contribution is -0.305. The number of benzene rings is 1. The number of carboxylic acid groups (broad SMARTS) is 1. The summed E-state index contributed by atoms with van der Waals surface area (Å²) < 4.78 is 5.23. The molecule has 3 aliphatic rings. The molecule has 0 aromatic heterocycles. The summed E-state index contributed by atoms with van der Waals surface area (Å²) in [5.74, 6) is -0.954. The van der Waals surface area contributed by atoms with Crippen molar-refractivity contribution in [3.8, 4) is 5.75 Å². The number of carboxylic acids is 1. The smallest absolute Gasteiger partial charge is 0.161 e. The molecular formula is C22H22NO5-. The van der Waals surface area contributed by atoms with Crippen molar-refractivity contribution in [1.82, 2.24) is 4.90 Å². The summed E-state index contributed by atoms with van der Waals surface area (Å²) in [4.78, 5) is 39.0. The number of aliphatic carboxylic acids is 1. The molecule has 0 saturated carbocycles. The molecule has 0 amide bonds. The van der Waals surface area contributed by atoms with Gasteiger partial charge in [0, 0.05) is 41.3 Å². The minimum atomic E-state index is -1.21. The van der Waals surface area contributed by atoms with Gasteiger partial charge in [-0.05, 0) is 43.4 Å². The van der Waals surface area contributed by atoms with Crippen LogP contribution in [0, 0.1) is 0 Å². The molecule has 0 atom stereocenters. The highest BCUT2D eigenvalue weighted by atomic mass is 16.5. The van der Waals surface area contributed by atoms with Crippen molar-refractivity contribution in [1.29, 1.82) is 0 Å². The van der Waals surface area contributed by atoms with Crippen LogP contribution in [0.3, 0.4) is 0 Å². The van der Waals surface area contributed by atoms with Crippen LogP contribution in [0.5, 0.6) is 5.75 Å². The van der Waals surface area contributed by atoms with Gasteiger partial charge in [0.1, 0.15) is 5.75 Å². The SMILES string of the molecule is COc1ccc(C2C3=C(CCCC3=O)N(CC(=O)[O-])C3=C2C(=O)CCC3)cc1. The van der Waals surface area contributed by atoms with E-state index in [1.807, 2.05) is 24.3 Å². The fourth-order valence-corrected chi connectivity index (χ4v) is 4.67. The number of allylic oxidation sites excluding steroid dienone is 4. The number of hydrogen-bond donors (Lipinski definition) is 0. The minimum absolute atomic E-state index is 0.00432. The van der Waals surface area contributed by atoms with Gasteiger partial charge in [-0.3, -0.25) is 9.59 Å². The maximum absolute atomic E-state index is 12.9. The molecule has 1 aromatic rings. The molecule has 1 heterocycles. The van der Waals surface area contributed by atoms with E-state index >= 15 is 0 Å². The number of ether oxygens (including phenoxy) is 1. The first-order valence-electron chi connectivity index (χ1n) is 9.65. The second-order valence-corrected chi connectivity index (χ2v) is 7.44. The molecule has 1 aliphatic heterocycles. The Kier molecular flexibility index (Phi) is 4.79. The van der Waals surface area contributed by atoms with E-state index in [1.165, 1.54) is 0 Å². The van der Waals surface area contributed by atoms with Crippen LogP contribution in [-0.2, 0) is 14.4 Å². The van der Waals surface area contributed by atoms with Crippen LogP contribution in [0.2, 0.25) is 0 Å². The van der Waals surface area contributed by atoms with Crippen molar-refractivity contribution in [2.24, 2.45) is 0 Å². The third-order valence-electron chi connectivity index (χ3n) is 5.82. The third-order valence-corrected chi connectivity index (χ3v) is 5.82. The number of Topliss-reactive ketones (excluding diaryl/α,β-unsaturated/α-hetero) is 2. The Labute approximate surface area is 163 Å². The monoisotopic (exact) mass is 380 g/mol. The van der Waals surface area contributed by atoms with E-state index < -0.39 is 11.9 Å². The fraction of sp³-hybridized carbons (Fsp3) is 0.409. The largest absolute Gasteiger partial charge is 0.548 e. The van der Waals surface area contributed by atoms with Crippen molar-refractivity contribution < 1.29 is 24.2 Å². The van der Waals surface area contributed by atoms with Gasteiger partial charge in [0.2, 0.25) is 0 Å². The van der Waals surface area contributed by atoms with E-state index in [-0.39, 0.29) is 18.1 Å². The number of carbonyl (C=O) groups excluding carboxylic acids is 3. The fourth-order valence-electron chi connectivity index (χ4n) is 4.67. The highest BCUT2D eigenvalue weighted by molar-refractivity contribution is 6.06. The van der Waals surface area contributed by atoms with Crippen LogP contribution in [0.1, 0.15) is 50.0 Å². The van der Waals surface area contributed by atoms with Crippen molar-refractivity contribution in [2.45, 2.75) is 44.4 Å². The first kappa shape index (κ1) is 18.5. The van der Waals surface area contributed by atoms with Crippen LogP contribution in [0.15, 0.2) is 46.8 Å². The van der Waals surface area contributed by atoms with Crippen LogP contribution < -0.4 is 9.84 Å². The van der Waals surface area contributed by atoms with E-state index in [4.69, 9.17) is 4.74 Å². The molecule has 28 heavy (non-hydrogen) atoms. The van der Waals surface area contributed by atoms with E-state index in [1.54, 1.807) is 12.0 Å². The number of hydrogen-bond acceptors (Lipinski definition) is 6. The molecule has 146 valence electrons. The average Bonchev–Trinajstić information content (AvgIpc) is 2.69. The van der Waals surface area contributed by atoms with Crippen LogP contribution in [-0.4, -0.2) is 36.1 Å².